The van der Waals surface area contributed by atoms with E-state index in [9.17, 15) is 0 Å². The fourth-order valence-corrected chi connectivity index (χ4v) is 1.40. The van der Waals surface area contributed by atoms with Crippen LogP contribution in [0.3, 0.4) is 0 Å². The molecule has 0 aromatic heterocycles. The molecule has 2 heteroatoms. The van der Waals surface area contributed by atoms with E-state index in [1.807, 2.05) is 13.1 Å². The predicted octanol–water partition coefficient (Wildman–Crippen LogP) is 2.91. The third-order valence-electron chi connectivity index (χ3n) is 2.76. The highest BCUT2D eigenvalue weighted by Crippen LogP contribution is 2.25. The molecule has 0 atom stereocenters. The Kier molecular flexibility index (Phi) is 5.43. The summed E-state index contributed by atoms with van der Waals surface area (Å²) in [7, 11) is 2.05. The van der Waals surface area contributed by atoms with Gasteiger partial charge < -0.3 is 0 Å². The first kappa shape index (κ1) is 14.0. The average molecular weight is 224 g/mol. The van der Waals surface area contributed by atoms with Crippen LogP contribution in [-0.4, -0.2) is 18.5 Å². The Bertz CT molecular complexity index is 324. The number of hydrogen-bond donors (Lipinski definition) is 0. The Labute approximate surface area is 98.9 Å². The number of halogens is 1. The van der Waals surface area contributed by atoms with Gasteiger partial charge in [-0.05, 0) is 26.5 Å². The van der Waals surface area contributed by atoms with Crippen LogP contribution < -0.4 is 0 Å². The number of benzene rings is 1. The van der Waals surface area contributed by atoms with Crippen molar-refractivity contribution in [2.24, 2.45) is 0 Å². The smallest absolute Gasteiger partial charge is 0.0603 e. The van der Waals surface area contributed by atoms with Gasteiger partial charge in [-0.1, -0.05) is 36.3 Å². The standard InChI is InChI=1S/C13H17N.ClH/c1-5-11-14(4)13(2,3)12-9-7-6-8-10-12;/h1,6-10H,11H2,2-4H3;1H. The van der Waals surface area contributed by atoms with Crippen molar-refractivity contribution >= 4 is 12.4 Å². The summed E-state index contributed by atoms with van der Waals surface area (Å²) in [5.41, 5.74) is 1.28. The maximum Gasteiger partial charge on any atom is 0.0603 e. The average Bonchev–Trinajstić information content (AvgIpc) is 2.19. The fraction of sp³-hybridized carbons (Fsp3) is 0.385. The summed E-state index contributed by atoms with van der Waals surface area (Å²) < 4.78 is 0. The third-order valence-corrected chi connectivity index (χ3v) is 2.76. The zero-order valence-corrected chi connectivity index (χ0v) is 10.3. The van der Waals surface area contributed by atoms with Crippen molar-refractivity contribution in [1.82, 2.24) is 4.90 Å². The predicted molar refractivity (Wildman–Crippen MR) is 68.2 cm³/mol. The van der Waals surface area contributed by atoms with E-state index >= 15 is 0 Å². The molecule has 0 heterocycles. The van der Waals surface area contributed by atoms with Gasteiger partial charge >= 0.3 is 0 Å². The summed E-state index contributed by atoms with van der Waals surface area (Å²) in [6.07, 6.45) is 5.31. The summed E-state index contributed by atoms with van der Waals surface area (Å²) in [5, 5.41) is 0. The van der Waals surface area contributed by atoms with E-state index < -0.39 is 0 Å². The van der Waals surface area contributed by atoms with Crippen molar-refractivity contribution in [3.8, 4) is 12.3 Å². The topological polar surface area (TPSA) is 3.24 Å². The lowest BCUT2D eigenvalue weighted by Crippen LogP contribution is -2.38. The zero-order chi connectivity index (χ0) is 10.6. The van der Waals surface area contributed by atoms with Gasteiger partial charge in [-0.2, -0.15) is 0 Å². The van der Waals surface area contributed by atoms with E-state index in [1.54, 1.807) is 0 Å². The molecule has 1 nitrogen and oxygen atoms in total. The Hall–Kier alpha value is -0.970. The van der Waals surface area contributed by atoms with Gasteiger partial charge in [0.25, 0.3) is 0 Å². The molecule has 0 N–H and O–H groups in total. The highest BCUT2D eigenvalue weighted by Gasteiger charge is 2.24. The van der Waals surface area contributed by atoms with E-state index in [0.29, 0.717) is 6.54 Å². The molecule has 0 saturated carbocycles. The van der Waals surface area contributed by atoms with Crippen LogP contribution in [0.15, 0.2) is 30.3 Å². The number of rotatable bonds is 3. The van der Waals surface area contributed by atoms with Gasteiger partial charge in [-0.3, -0.25) is 4.90 Å². The van der Waals surface area contributed by atoms with Crippen molar-refractivity contribution < 1.29 is 0 Å². The van der Waals surface area contributed by atoms with Gasteiger partial charge in [0.15, 0.2) is 0 Å². The summed E-state index contributed by atoms with van der Waals surface area (Å²) >= 11 is 0. The van der Waals surface area contributed by atoms with Gasteiger partial charge in [0.2, 0.25) is 0 Å². The van der Waals surface area contributed by atoms with Crippen molar-refractivity contribution in [2.45, 2.75) is 19.4 Å². The second-order valence-corrected chi connectivity index (χ2v) is 3.99. The van der Waals surface area contributed by atoms with Crippen LogP contribution in [0.25, 0.3) is 0 Å². The molecule has 0 unspecified atom stereocenters. The molecule has 0 bridgehead atoms. The normalized spacial score (nSPS) is 10.6. The molecular formula is C13H18ClN. The van der Waals surface area contributed by atoms with E-state index in [1.165, 1.54) is 5.56 Å². The maximum absolute atomic E-state index is 5.31. The molecule has 1 aromatic rings. The molecule has 0 aliphatic rings. The minimum Gasteiger partial charge on any atom is -0.286 e. The Balaban J connectivity index is 0.00000196. The van der Waals surface area contributed by atoms with Gasteiger partial charge in [0.1, 0.15) is 0 Å². The fourth-order valence-electron chi connectivity index (χ4n) is 1.40. The summed E-state index contributed by atoms with van der Waals surface area (Å²) in [6, 6.07) is 10.4. The lowest BCUT2D eigenvalue weighted by molar-refractivity contribution is 0.178. The molecule has 0 amide bonds. The summed E-state index contributed by atoms with van der Waals surface area (Å²) in [6.45, 7) is 5.03. The van der Waals surface area contributed by atoms with Crippen LogP contribution in [0.5, 0.6) is 0 Å². The molecule has 1 rings (SSSR count). The van der Waals surface area contributed by atoms with Crippen molar-refractivity contribution in [3.05, 3.63) is 35.9 Å². The van der Waals surface area contributed by atoms with E-state index in [0.717, 1.165) is 0 Å². The molecule has 15 heavy (non-hydrogen) atoms. The highest BCUT2D eigenvalue weighted by molar-refractivity contribution is 5.85. The van der Waals surface area contributed by atoms with Crippen LogP contribution >= 0.6 is 12.4 Å². The van der Waals surface area contributed by atoms with Gasteiger partial charge in [-0.25, -0.2) is 0 Å². The Morgan fingerprint density at radius 3 is 2.27 bits per heavy atom. The lowest BCUT2D eigenvalue weighted by atomic mass is 9.93. The molecule has 82 valence electrons. The highest BCUT2D eigenvalue weighted by atomic mass is 35.5. The minimum absolute atomic E-state index is 0. The molecule has 0 spiro atoms. The molecule has 0 aliphatic heterocycles. The van der Waals surface area contributed by atoms with Crippen LogP contribution in [0.4, 0.5) is 0 Å². The summed E-state index contributed by atoms with van der Waals surface area (Å²) in [4.78, 5) is 2.17. The number of nitrogens with zero attached hydrogens (tertiary/aromatic N) is 1. The van der Waals surface area contributed by atoms with E-state index in [4.69, 9.17) is 6.42 Å². The quantitative estimate of drug-likeness (QED) is 0.713. The van der Waals surface area contributed by atoms with Gasteiger partial charge in [0, 0.05) is 5.54 Å². The monoisotopic (exact) mass is 223 g/mol. The molecule has 0 fully saturated rings. The van der Waals surface area contributed by atoms with Crippen LogP contribution in [0.2, 0.25) is 0 Å². The van der Waals surface area contributed by atoms with Crippen molar-refractivity contribution in [2.75, 3.05) is 13.6 Å². The molecule has 1 aromatic carbocycles. The molecule has 0 radical (unpaired) electrons. The molecular weight excluding hydrogens is 206 g/mol. The van der Waals surface area contributed by atoms with Crippen LogP contribution in [0, 0.1) is 12.3 Å². The van der Waals surface area contributed by atoms with E-state index in [-0.39, 0.29) is 17.9 Å². The largest absolute Gasteiger partial charge is 0.286 e. The molecule has 0 saturated heterocycles. The zero-order valence-electron chi connectivity index (χ0n) is 9.53. The first-order chi connectivity index (χ1) is 6.59. The van der Waals surface area contributed by atoms with Crippen molar-refractivity contribution in [3.63, 3.8) is 0 Å². The van der Waals surface area contributed by atoms with Gasteiger partial charge in [0.05, 0.1) is 6.54 Å². The Morgan fingerprint density at radius 2 is 1.80 bits per heavy atom. The first-order valence-corrected chi connectivity index (χ1v) is 4.79. The van der Waals surface area contributed by atoms with E-state index in [2.05, 4.69) is 48.9 Å². The number of terminal acetylenes is 1. The number of hydrogen-bond acceptors (Lipinski definition) is 1. The van der Waals surface area contributed by atoms with Crippen LogP contribution in [-0.2, 0) is 5.54 Å². The second kappa shape index (κ2) is 5.80. The molecule has 0 aliphatic carbocycles. The van der Waals surface area contributed by atoms with Crippen LogP contribution in [0.1, 0.15) is 19.4 Å². The van der Waals surface area contributed by atoms with Crippen molar-refractivity contribution in [1.29, 1.82) is 0 Å². The lowest BCUT2D eigenvalue weighted by Gasteiger charge is -2.34. The third kappa shape index (κ3) is 3.27. The first-order valence-electron chi connectivity index (χ1n) is 4.79. The SMILES string of the molecule is C#CCN(C)C(C)(C)c1ccccc1.Cl. The minimum atomic E-state index is -0.00632. The Morgan fingerprint density at radius 1 is 1.27 bits per heavy atom. The summed E-state index contributed by atoms with van der Waals surface area (Å²) in [5.74, 6) is 2.67. The second-order valence-electron chi connectivity index (χ2n) is 3.99. The van der Waals surface area contributed by atoms with Gasteiger partial charge in [-0.15, -0.1) is 18.8 Å². The maximum atomic E-state index is 5.31.